The van der Waals surface area contributed by atoms with E-state index in [-0.39, 0.29) is 17.9 Å². The summed E-state index contributed by atoms with van der Waals surface area (Å²) in [5.74, 6) is -0.217. The quantitative estimate of drug-likeness (QED) is 0.871. The van der Waals surface area contributed by atoms with Crippen LogP contribution in [0.3, 0.4) is 0 Å². The van der Waals surface area contributed by atoms with E-state index in [0.29, 0.717) is 19.5 Å². The first-order valence-electron chi connectivity index (χ1n) is 6.47. The second kappa shape index (κ2) is 6.86. The van der Waals surface area contributed by atoms with Crippen LogP contribution in [-0.4, -0.2) is 17.7 Å². The molecule has 4 nitrogen and oxygen atoms in total. The molecule has 106 valence electrons. The number of rotatable bonds is 6. The summed E-state index contributed by atoms with van der Waals surface area (Å²) >= 11 is 0. The molecule has 1 aromatic heterocycles. The van der Waals surface area contributed by atoms with E-state index >= 15 is 0 Å². The maximum absolute atomic E-state index is 13.7. The smallest absolute Gasteiger partial charge is 0.250 e. The van der Waals surface area contributed by atoms with E-state index in [0.717, 1.165) is 5.56 Å². The molecule has 2 aromatic rings. The number of hydrogen-bond acceptors (Lipinski definition) is 3. The zero-order chi connectivity index (χ0) is 14.4. The molecule has 0 saturated heterocycles. The van der Waals surface area contributed by atoms with Gasteiger partial charge in [-0.3, -0.25) is 4.79 Å². The lowest BCUT2D eigenvalue weighted by Crippen LogP contribution is -2.21. The fourth-order valence-electron chi connectivity index (χ4n) is 1.88. The Hall–Kier alpha value is -2.14. The van der Waals surface area contributed by atoms with Crippen molar-refractivity contribution in [1.82, 2.24) is 4.57 Å². The predicted molar refractivity (Wildman–Crippen MR) is 75.4 cm³/mol. The minimum absolute atomic E-state index is 0.102. The Labute approximate surface area is 116 Å². The summed E-state index contributed by atoms with van der Waals surface area (Å²) in [5.41, 5.74) is 6.16. The topological polar surface area (TPSA) is 57.2 Å². The minimum Gasteiger partial charge on any atom is -0.489 e. The van der Waals surface area contributed by atoms with Gasteiger partial charge >= 0.3 is 0 Å². The number of ether oxygens (including phenoxy) is 1. The summed E-state index contributed by atoms with van der Waals surface area (Å²) in [6.45, 7) is 1.09. The number of halogens is 1. The van der Waals surface area contributed by atoms with Gasteiger partial charge in [-0.1, -0.05) is 12.1 Å². The van der Waals surface area contributed by atoms with Crippen molar-refractivity contribution in [2.75, 3.05) is 13.2 Å². The van der Waals surface area contributed by atoms with Crippen molar-refractivity contribution in [2.45, 2.75) is 13.0 Å². The highest BCUT2D eigenvalue weighted by Crippen LogP contribution is 2.18. The van der Waals surface area contributed by atoms with Crippen LogP contribution < -0.4 is 16.0 Å². The second-order valence-electron chi connectivity index (χ2n) is 4.38. The van der Waals surface area contributed by atoms with Crippen LogP contribution in [0.4, 0.5) is 4.39 Å². The van der Waals surface area contributed by atoms with Crippen molar-refractivity contribution in [3.05, 3.63) is 64.3 Å². The fraction of sp³-hybridized carbons (Fsp3) is 0.267. The van der Waals surface area contributed by atoms with Crippen LogP contribution in [0.1, 0.15) is 5.56 Å². The van der Waals surface area contributed by atoms with E-state index in [1.54, 1.807) is 30.5 Å². The Morgan fingerprint density at radius 3 is 2.80 bits per heavy atom. The van der Waals surface area contributed by atoms with Gasteiger partial charge in [0, 0.05) is 12.3 Å². The molecular weight excluding hydrogens is 259 g/mol. The standard InChI is InChI=1S/C15H17FN2O2/c16-13-11-12(6-7-17)4-5-14(13)20-10-9-18-8-2-1-3-15(18)19/h1-5,8,11H,6-7,9-10,17H2. The molecule has 0 aliphatic heterocycles. The molecule has 2 N–H and O–H groups in total. The number of benzene rings is 1. The van der Waals surface area contributed by atoms with E-state index in [1.807, 2.05) is 0 Å². The molecule has 0 aliphatic rings. The van der Waals surface area contributed by atoms with Crippen molar-refractivity contribution in [2.24, 2.45) is 5.73 Å². The normalized spacial score (nSPS) is 10.5. The van der Waals surface area contributed by atoms with Gasteiger partial charge in [-0.2, -0.15) is 0 Å². The Morgan fingerprint density at radius 1 is 1.25 bits per heavy atom. The van der Waals surface area contributed by atoms with Crippen molar-refractivity contribution in [3.8, 4) is 5.75 Å². The number of pyridine rings is 1. The van der Waals surface area contributed by atoms with Gasteiger partial charge < -0.3 is 15.0 Å². The van der Waals surface area contributed by atoms with Crippen molar-refractivity contribution in [3.63, 3.8) is 0 Å². The van der Waals surface area contributed by atoms with Gasteiger partial charge in [0.05, 0.1) is 6.54 Å². The Morgan fingerprint density at radius 2 is 2.10 bits per heavy atom. The average Bonchev–Trinajstić information content (AvgIpc) is 2.43. The molecule has 5 heteroatoms. The summed E-state index contributed by atoms with van der Waals surface area (Å²) in [7, 11) is 0. The number of nitrogens with zero attached hydrogens (tertiary/aromatic N) is 1. The molecule has 0 fully saturated rings. The molecule has 0 amide bonds. The molecule has 1 heterocycles. The van der Waals surface area contributed by atoms with Gasteiger partial charge in [-0.05, 0) is 36.7 Å². The minimum atomic E-state index is -0.406. The van der Waals surface area contributed by atoms with Crippen molar-refractivity contribution < 1.29 is 9.13 Å². The fourth-order valence-corrected chi connectivity index (χ4v) is 1.88. The summed E-state index contributed by atoms with van der Waals surface area (Å²) in [6, 6.07) is 9.73. The molecule has 20 heavy (non-hydrogen) atoms. The van der Waals surface area contributed by atoms with E-state index in [1.165, 1.54) is 16.7 Å². The largest absolute Gasteiger partial charge is 0.489 e. The van der Waals surface area contributed by atoms with E-state index in [4.69, 9.17) is 10.5 Å². The second-order valence-corrected chi connectivity index (χ2v) is 4.38. The molecule has 0 atom stereocenters. The van der Waals surface area contributed by atoms with Crippen LogP contribution in [0.5, 0.6) is 5.75 Å². The van der Waals surface area contributed by atoms with Gasteiger partial charge in [0.2, 0.25) is 0 Å². The van der Waals surface area contributed by atoms with Crippen LogP contribution in [0, 0.1) is 5.82 Å². The highest BCUT2D eigenvalue weighted by molar-refractivity contribution is 5.29. The molecule has 0 aliphatic carbocycles. The molecule has 0 radical (unpaired) electrons. The van der Waals surface area contributed by atoms with Gasteiger partial charge in [0.1, 0.15) is 6.61 Å². The van der Waals surface area contributed by atoms with Crippen LogP contribution >= 0.6 is 0 Å². The molecule has 0 saturated carbocycles. The first kappa shape index (κ1) is 14.3. The average molecular weight is 276 g/mol. The summed E-state index contributed by atoms with van der Waals surface area (Å²) in [5, 5.41) is 0. The summed E-state index contributed by atoms with van der Waals surface area (Å²) in [4.78, 5) is 11.5. The first-order chi connectivity index (χ1) is 9.70. The van der Waals surface area contributed by atoms with E-state index in [9.17, 15) is 9.18 Å². The van der Waals surface area contributed by atoms with Gasteiger partial charge in [-0.15, -0.1) is 0 Å². The number of hydrogen-bond donors (Lipinski definition) is 1. The molecule has 0 bridgehead atoms. The molecule has 0 spiro atoms. The van der Waals surface area contributed by atoms with E-state index < -0.39 is 5.82 Å². The van der Waals surface area contributed by atoms with Crippen molar-refractivity contribution >= 4 is 0 Å². The van der Waals surface area contributed by atoms with E-state index in [2.05, 4.69) is 0 Å². The lowest BCUT2D eigenvalue weighted by atomic mass is 10.1. The lowest BCUT2D eigenvalue weighted by Gasteiger charge is -2.09. The maximum atomic E-state index is 13.7. The molecule has 1 aromatic carbocycles. The van der Waals surface area contributed by atoms with Crippen molar-refractivity contribution in [1.29, 1.82) is 0 Å². The van der Waals surface area contributed by atoms with Gasteiger partial charge in [-0.25, -0.2) is 4.39 Å². The van der Waals surface area contributed by atoms with Gasteiger partial charge in [0.15, 0.2) is 11.6 Å². The number of aromatic nitrogens is 1. The summed E-state index contributed by atoms with van der Waals surface area (Å²) < 4.78 is 20.6. The third kappa shape index (κ3) is 3.68. The molecule has 2 rings (SSSR count). The third-order valence-corrected chi connectivity index (χ3v) is 2.92. The first-order valence-corrected chi connectivity index (χ1v) is 6.47. The van der Waals surface area contributed by atoms with Crippen LogP contribution in [0.2, 0.25) is 0 Å². The Kier molecular flexibility index (Phi) is 4.90. The highest BCUT2D eigenvalue weighted by Gasteiger charge is 2.04. The van der Waals surface area contributed by atoms with Crippen LogP contribution in [0.15, 0.2) is 47.4 Å². The zero-order valence-corrected chi connectivity index (χ0v) is 11.1. The van der Waals surface area contributed by atoms with Gasteiger partial charge in [0.25, 0.3) is 5.56 Å². The van der Waals surface area contributed by atoms with Crippen LogP contribution in [-0.2, 0) is 13.0 Å². The highest BCUT2D eigenvalue weighted by atomic mass is 19.1. The lowest BCUT2D eigenvalue weighted by molar-refractivity contribution is 0.282. The molecular formula is C15H17FN2O2. The number of nitrogens with two attached hydrogens (primary N) is 1. The monoisotopic (exact) mass is 276 g/mol. The molecule has 0 unspecified atom stereocenters. The predicted octanol–water partition coefficient (Wildman–Crippen LogP) is 1.57. The zero-order valence-electron chi connectivity index (χ0n) is 11.1. The van der Waals surface area contributed by atoms with Crippen LogP contribution in [0.25, 0.3) is 0 Å². The third-order valence-electron chi connectivity index (χ3n) is 2.92. The maximum Gasteiger partial charge on any atom is 0.250 e. The Balaban J connectivity index is 1.94. The SMILES string of the molecule is NCCc1ccc(OCCn2ccccc2=O)c(F)c1. The summed E-state index contributed by atoms with van der Waals surface area (Å²) in [6.07, 6.45) is 2.31. The Bertz CT molecular complexity index is 625.